The molecular weight excluding hydrogens is 279 g/mol. The molecule has 2 rings (SSSR count). The van der Waals surface area contributed by atoms with Crippen molar-refractivity contribution >= 4 is 22.4 Å². The molecule has 1 aromatic rings. The summed E-state index contributed by atoms with van der Waals surface area (Å²) in [6.45, 7) is 1.55. The highest BCUT2D eigenvalue weighted by atomic mass is 35.5. The van der Waals surface area contributed by atoms with Crippen LogP contribution in [0.3, 0.4) is 0 Å². The van der Waals surface area contributed by atoms with Crippen LogP contribution in [-0.4, -0.2) is 38.6 Å². The van der Waals surface area contributed by atoms with Gasteiger partial charge in [-0.3, -0.25) is 0 Å². The van der Waals surface area contributed by atoms with Crippen LogP contribution in [0.4, 0.5) is 4.39 Å². The van der Waals surface area contributed by atoms with Crippen molar-refractivity contribution in [2.45, 2.75) is 6.04 Å². The number of piperazine rings is 1. The Bertz CT molecular complexity index is 510. The second-order valence-corrected chi connectivity index (χ2v) is 6.08. The number of nitrogens with one attached hydrogen (secondary N) is 1. The molecule has 7 heteroatoms. The van der Waals surface area contributed by atoms with Gasteiger partial charge in [-0.1, -0.05) is 12.1 Å². The summed E-state index contributed by atoms with van der Waals surface area (Å²) in [5.41, 5.74) is 0.683. The average Bonchev–Trinajstić information content (AvgIpc) is 2.28. The van der Waals surface area contributed by atoms with Crippen LogP contribution < -0.4 is 5.32 Å². The van der Waals surface area contributed by atoms with E-state index in [-0.39, 0.29) is 24.3 Å². The fraction of sp³-hybridized carbons (Fsp3) is 0.455. The maximum Gasteiger partial charge on any atom is 0.211 e. The van der Waals surface area contributed by atoms with E-state index in [1.807, 2.05) is 0 Å². The summed E-state index contributed by atoms with van der Waals surface area (Å²) >= 11 is 0. The smallest absolute Gasteiger partial charge is 0.211 e. The Morgan fingerprint density at radius 2 is 2.17 bits per heavy atom. The first-order valence-electron chi connectivity index (χ1n) is 5.41. The lowest BCUT2D eigenvalue weighted by molar-refractivity contribution is 0.273. The summed E-state index contributed by atoms with van der Waals surface area (Å²) in [5.74, 6) is -0.346. The Kier molecular flexibility index (Phi) is 5.10. The lowest BCUT2D eigenvalue weighted by Gasteiger charge is -2.34. The minimum atomic E-state index is -3.27. The predicted octanol–water partition coefficient (Wildman–Crippen LogP) is 1.15. The van der Waals surface area contributed by atoms with Crippen molar-refractivity contribution in [3.8, 4) is 0 Å². The molecule has 18 heavy (non-hydrogen) atoms. The maximum atomic E-state index is 13.2. The average molecular weight is 295 g/mol. The van der Waals surface area contributed by atoms with Crippen LogP contribution in [0.2, 0.25) is 0 Å². The molecule has 102 valence electrons. The number of sulfonamides is 1. The topological polar surface area (TPSA) is 49.4 Å². The number of benzene rings is 1. The summed E-state index contributed by atoms with van der Waals surface area (Å²) in [6.07, 6.45) is 1.19. The van der Waals surface area contributed by atoms with Gasteiger partial charge in [0.1, 0.15) is 5.82 Å². The molecule has 0 spiro atoms. The number of hydrogen-bond donors (Lipinski definition) is 1. The molecule has 1 aromatic carbocycles. The van der Waals surface area contributed by atoms with Crippen molar-refractivity contribution in [3.05, 3.63) is 35.6 Å². The van der Waals surface area contributed by atoms with Crippen LogP contribution in [0.15, 0.2) is 24.3 Å². The lowest BCUT2D eigenvalue weighted by atomic mass is 10.1. The third kappa shape index (κ3) is 3.41. The minimum absolute atomic E-state index is 0. The molecule has 0 aromatic heterocycles. The molecule has 4 nitrogen and oxygen atoms in total. The number of hydrogen-bond acceptors (Lipinski definition) is 3. The zero-order valence-corrected chi connectivity index (χ0v) is 11.6. The van der Waals surface area contributed by atoms with Crippen LogP contribution >= 0.6 is 12.4 Å². The van der Waals surface area contributed by atoms with Gasteiger partial charge in [0, 0.05) is 19.6 Å². The SMILES string of the molecule is CS(=O)(=O)N1CCNCC1c1cccc(F)c1.Cl. The van der Waals surface area contributed by atoms with E-state index in [2.05, 4.69) is 5.32 Å². The van der Waals surface area contributed by atoms with Crippen LogP contribution in [0, 0.1) is 5.82 Å². The molecule has 1 aliphatic heterocycles. The standard InChI is InChI=1S/C11H15FN2O2S.ClH/c1-17(15,16)14-6-5-13-8-11(14)9-3-2-4-10(12)7-9;/h2-4,7,11,13H,5-6,8H2,1H3;1H. The van der Waals surface area contributed by atoms with Gasteiger partial charge in [-0.25, -0.2) is 12.8 Å². The third-order valence-electron chi connectivity index (χ3n) is 2.85. The van der Waals surface area contributed by atoms with E-state index < -0.39 is 10.0 Å². The normalized spacial score (nSPS) is 21.3. The summed E-state index contributed by atoms with van der Waals surface area (Å²) in [4.78, 5) is 0. The first kappa shape index (κ1) is 15.4. The molecular formula is C11H16ClFN2O2S. The third-order valence-corrected chi connectivity index (χ3v) is 4.14. The highest BCUT2D eigenvalue weighted by Gasteiger charge is 2.30. The number of rotatable bonds is 2. The number of nitrogens with zero attached hydrogens (tertiary/aromatic N) is 1. The van der Waals surface area contributed by atoms with Crippen molar-refractivity contribution in [3.63, 3.8) is 0 Å². The van der Waals surface area contributed by atoms with Crippen molar-refractivity contribution in [2.24, 2.45) is 0 Å². The molecule has 1 atom stereocenters. The van der Waals surface area contributed by atoms with Gasteiger partial charge in [-0.2, -0.15) is 4.31 Å². The van der Waals surface area contributed by atoms with E-state index in [4.69, 9.17) is 0 Å². The second kappa shape index (κ2) is 5.97. The highest BCUT2D eigenvalue weighted by Crippen LogP contribution is 2.24. The van der Waals surface area contributed by atoms with Gasteiger partial charge in [0.2, 0.25) is 10.0 Å². The molecule has 1 heterocycles. The quantitative estimate of drug-likeness (QED) is 0.890. The summed E-state index contributed by atoms with van der Waals surface area (Å²) < 4.78 is 37.9. The van der Waals surface area contributed by atoms with E-state index in [9.17, 15) is 12.8 Å². The zero-order valence-electron chi connectivity index (χ0n) is 9.97. The van der Waals surface area contributed by atoms with Gasteiger partial charge >= 0.3 is 0 Å². The predicted molar refractivity (Wildman–Crippen MR) is 70.8 cm³/mol. The Balaban J connectivity index is 0.00000162. The fourth-order valence-electron chi connectivity index (χ4n) is 2.08. The van der Waals surface area contributed by atoms with Crippen LogP contribution in [0.1, 0.15) is 11.6 Å². The molecule has 0 saturated carbocycles. The van der Waals surface area contributed by atoms with Gasteiger partial charge in [-0.15, -0.1) is 12.4 Å². The van der Waals surface area contributed by atoms with Crippen molar-refractivity contribution in [1.29, 1.82) is 0 Å². The van der Waals surface area contributed by atoms with Gasteiger partial charge < -0.3 is 5.32 Å². The minimum Gasteiger partial charge on any atom is -0.313 e. The molecule has 0 bridgehead atoms. The largest absolute Gasteiger partial charge is 0.313 e. The first-order chi connectivity index (χ1) is 7.98. The Morgan fingerprint density at radius 3 is 2.78 bits per heavy atom. The fourth-order valence-corrected chi connectivity index (χ4v) is 3.16. The van der Waals surface area contributed by atoms with Crippen LogP contribution in [-0.2, 0) is 10.0 Å². The van der Waals surface area contributed by atoms with E-state index in [1.165, 1.54) is 22.7 Å². The molecule has 1 N–H and O–H groups in total. The maximum absolute atomic E-state index is 13.2. The molecule has 1 saturated heterocycles. The Morgan fingerprint density at radius 1 is 1.44 bits per heavy atom. The first-order valence-corrected chi connectivity index (χ1v) is 7.26. The van der Waals surface area contributed by atoms with Gasteiger partial charge in [-0.05, 0) is 17.7 Å². The van der Waals surface area contributed by atoms with Gasteiger partial charge in [0.05, 0.1) is 12.3 Å². The number of halogens is 2. The molecule has 0 radical (unpaired) electrons. The Hall–Kier alpha value is -0.690. The zero-order chi connectivity index (χ0) is 12.5. The second-order valence-electron chi connectivity index (χ2n) is 4.15. The molecule has 1 fully saturated rings. The van der Waals surface area contributed by atoms with E-state index in [0.717, 1.165) is 0 Å². The molecule has 0 aliphatic carbocycles. The van der Waals surface area contributed by atoms with E-state index in [0.29, 0.717) is 25.2 Å². The van der Waals surface area contributed by atoms with Crippen molar-refractivity contribution < 1.29 is 12.8 Å². The Labute approximate surface area is 113 Å². The summed E-state index contributed by atoms with van der Waals surface area (Å²) in [5, 5.41) is 3.13. The lowest BCUT2D eigenvalue weighted by Crippen LogP contribution is -2.48. The van der Waals surface area contributed by atoms with Crippen LogP contribution in [0.25, 0.3) is 0 Å². The van der Waals surface area contributed by atoms with Crippen LogP contribution in [0.5, 0.6) is 0 Å². The highest BCUT2D eigenvalue weighted by molar-refractivity contribution is 7.88. The molecule has 1 aliphatic rings. The van der Waals surface area contributed by atoms with Gasteiger partial charge in [0.15, 0.2) is 0 Å². The van der Waals surface area contributed by atoms with E-state index in [1.54, 1.807) is 12.1 Å². The van der Waals surface area contributed by atoms with E-state index >= 15 is 0 Å². The van der Waals surface area contributed by atoms with Crippen molar-refractivity contribution in [1.82, 2.24) is 9.62 Å². The molecule has 0 amide bonds. The summed E-state index contributed by atoms with van der Waals surface area (Å²) in [6, 6.07) is 5.76. The summed E-state index contributed by atoms with van der Waals surface area (Å²) in [7, 11) is -3.27. The monoisotopic (exact) mass is 294 g/mol. The van der Waals surface area contributed by atoms with Crippen molar-refractivity contribution in [2.75, 3.05) is 25.9 Å². The van der Waals surface area contributed by atoms with Gasteiger partial charge in [0.25, 0.3) is 0 Å². The molecule has 1 unspecified atom stereocenters.